The van der Waals surface area contributed by atoms with Crippen molar-refractivity contribution >= 4 is 17.3 Å². The van der Waals surface area contributed by atoms with E-state index in [-0.39, 0.29) is 28.5 Å². The van der Waals surface area contributed by atoms with Gasteiger partial charge in [0.05, 0.1) is 17.4 Å². The highest BCUT2D eigenvalue weighted by Gasteiger charge is 2.39. The van der Waals surface area contributed by atoms with Gasteiger partial charge in [-0.25, -0.2) is 0 Å². The van der Waals surface area contributed by atoms with E-state index in [1.54, 1.807) is 19.2 Å². The van der Waals surface area contributed by atoms with E-state index in [9.17, 15) is 14.9 Å². The summed E-state index contributed by atoms with van der Waals surface area (Å²) < 4.78 is 4.98. The van der Waals surface area contributed by atoms with Gasteiger partial charge in [-0.1, -0.05) is 0 Å². The Balaban J connectivity index is 1.87. The van der Waals surface area contributed by atoms with Crippen molar-refractivity contribution in [1.82, 2.24) is 5.32 Å². The zero-order valence-corrected chi connectivity index (χ0v) is 13.9. The number of benzene rings is 1. The van der Waals surface area contributed by atoms with Gasteiger partial charge in [0.2, 0.25) is 5.91 Å². The molecular formula is C17H23N3O4. The van der Waals surface area contributed by atoms with Gasteiger partial charge in [0, 0.05) is 44.1 Å². The van der Waals surface area contributed by atoms with Crippen LogP contribution in [0.15, 0.2) is 18.2 Å². The number of nitrogens with one attached hydrogen (secondary N) is 1. The van der Waals surface area contributed by atoms with Gasteiger partial charge < -0.3 is 15.0 Å². The molecule has 7 nitrogen and oxygen atoms in total. The Labute approximate surface area is 141 Å². The minimum absolute atomic E-state index is 0.0149. The first-order valence-electron chi connectivity index (χ1n) is 8.42. The first-order valence-corrected chi connectivity index (χ1v) is 8.42. The Morgan fingerprint density at radius 3 is 3.04 bits per heavy atom. The summed E-state index contributed by atoms with van der Waals surface area (Å²) >= 11 is 0. The third kappa shape index (κ3) is 3.21. The van der Waals surface area contributed by atoms with Crippen LogP contribution in [-0.4, -0.2) is 43.7 Å². The highest BCUT2D eigenvalue weighted by molar-refractivity contribution is 5.82. The first-order chi connectivity index (χ1) is 11.6. The third-order valence-electron chi connectivity index (χ3n) is 4.98. The van der Waals surface area contributed by atoms with Crippen LogP contribution < -0.4 is 10.2 Å². The molecule has 1 amide bonds. The maximum absolute atomic E-state index is 12.6. The molecule has 2 aliphatic rings. The molecule has 24 heavy (non-hydrogen) atoms. The van der Waals surface area contributed by atoms with Crippen molar-refractivity contribution in [2.45, 2.75) is 31.7 Å². The molecule has 2 atom stereocenters. The maximum atomic E-state index is 12.6. The van der Waals surface area contributed by atoms with Crippen LogP contribution in [0, 0.1) is 16.0 Å². The van der Waals surface area contributed by atoms with Gasteiger partial charge in [0.25, 0.3) is 5.69 Å². The molecule has 2 heterocycles. The number of fused-ring (bicyclic) bond motifs is 3. The second-order valence-corrected chi connectivity index (χ2v) is 6.42. The number of amides is 1. The lowest BCUT2D eigenvalue weighted by atomic mass is 9.80. The summed E-state index contributed by atoms with van der Waals surface area (Å²) in [5, 5.41) is 14.0. The van der Waals surface area contributed by atoms with Gasteiger partial charge in [0.15, 0.2) is 0 Å². The fraction of sp³-hybridized carbons (Fsp3) is 0.588. The van der Waals surface area contributed by atoms with Crippen molar-refractivity contribution in [3.05, 3.63) is 33.9 Å². The number of ether oxygens (including phenoxy) is 1. The molecule has 7 heteroatoms. The van der Waals surface area contributed by atoms with Gasteiger partial charge in [0.1, 0.15) is 0 Å². The van der Waals surface area contributed by atoms with Crippen LogP contribution in [0.1, 0.15) is 24.8 Å². The second kappa shape index (κ2) is 7.17. The number of hydrogen-bond donors (Lipinski definition) is 1. The lowest BCUT2D eigenvalue weighted by molar-refractivity contribution is -0.384. The fourth-order valence-electron chi connectivity index (χ4n) is 3.85. The molecule has 0 saturated carbocycles. The monoisotopic (exact) mass is 333 g/mol. The van der Waals surface area contributed by atoms with Crippen molar-refractivity contribution in [1.29, 1.82) is 0 Å². The number of carbonyl (C=O) groups excluding carboxylic acids is 1. The average molecular weight is 333 g/mol. The molecule has 0 radical (unpaired) electrons. The van der Waals surface area contributed by atoms with Crippen molar-refractivity contribution in [2.24, 2.45) is 5.92 Å². The molecule has 1 fully saturated rings. The molecule has 0 aromatic heterocycles. The average Bonchev–Trinajstić information content (AvgIpc) is 2.60. The number of non-ortho nitro benzene ring substituents is 1. The van der Waals surface area contributed by atoms with E-state index < -0.39 is 0 Å². The molecular weight excluding hydrogens is 310 g/mol. The van der Waals surface area contributed by atoms with Gasteiger partial charge in [-0.15, -0.1) is 0 Å². The van der Waals surface area contributed by atoms with Crippen LogP contribution >= 0.6 is 0 Å². The van der Waals surface area contributed by atoms with E-state index in [1.807, 2.05) is 6.07 Å². The Morgan fingerprint density at radius 1 is 1.46 bits per heavy atom. The Morgan fingerprint density at radius 2 is 2.29 bits per heavy atom. The van der Waals surface area contributed by atoms with Gasteiger partial charge >= 0.3 is 0 Å². The minimum Gasteiger partial charge on any atom is -0.383 e. The second-order valence-electron chi connectivity index (χ2n) is 6.42. The van der Waals surface area contributed by atoms with Gasteiger partial charge in [-0.05, 0) is 37.3 Å². The van der Waals surface area contributed by atoms with E-state index in [1.165, 1.54) is 0 Å². The van der Waals surface area contributed by atoms with Crippen molar-refractivity contribution in [3.8, 4) is 0 Å². The largest absolute Gasteiger partial charge is 0.383 e. The Kier molecular flexibility index (Phi) is 4.99. The van der Waals surface area contributed by atoms with Crippen molar-refractivity contribution in [2.75, 3.05) is 31.7 Å². The number of carbonyl (C=O) groups is 1. The summed E-state index contributed by atoms with van der Waals surface area (Å²) in [6, 6.07) is 5.19. The van der Waals surface area contributed by atoms with E-state index in [4.69, 9.17) is 4.74 Å². The molecule has 130 valence electrons. The van der Waals surface area contributed by atoms with Crippen LogP contribution in [0.5, 0.6) is 0 Å². The molecule has 0 aliphatic carbocycles. The Hall–Kier alpha value is -2.15. The normalized spacial score (nSPS) is 22.5. The zero-order chi connectivity index (χ0) is 17.1. The lowest BCUT2D eigenvalue weighted by Gasteiger charge is -2.45. The SMILES string of the molecule is COCCNC(=O)C1Cc2cc([N+](=O)[O-])ccc2N2CCCCC12. The molecule has 1 saturated heterocycles. The molecule has 1 aromatic carbocycles. The Bertz CT molecular complexity index is 634. The molecule has 3 rings (SSSR count). The highest BCUT2D eigenvalue weighted by Crippen LogP contribution is 2.39. The summed E-state index contributed by atoms with van der Waals surface area (Å²) in [5.74, 6) is -0.155. The number of piperidine rings is 1. The number of nitro groups is 1. The molecule has 2 unspecified atom stereocenters. The highest BCUT2D eigenvalue weighted by atomic mass is 16.6. The van der Waals surface area contributed by atoms with E-state index >= 15 is 0 Å². The summed E-state index contributed by atoms with van der Waals surface area (Å²) in [6.07, 6.45) is 3.74. The lowest BCUT2D eigenvalue weighted by Crippen LogP contribution is -2.53. The van der Waals surface area contributed by atoms with Crippen LogP contribution in [0.2, 0.25) is 0 Å². The fourth-order valence-corrected chi connectivity index (χ4v) is 3.85. The van der Waals surface area contributed by atoms with Crippen LogP contribution in [0.4, 0.5) is 11.4 Å². The maximum Gasteiger partial charge on any atom is 0.269 e. The number of anilines is 1. The first kappa shape index (κ1) is 16.7. The van der Waals surface area contributed by atoms with Gasteiger partial charge in [-0.2, -0.15) is 0 Å². The summed E-state index contributed by atoms with van der Waals surface area (Å²) in [5.41, 5.74) is 2.03. The zero-order valence-electron chi connectivity index (χ0n) is 13.9. The predicted molar refractivity (Wildman–Crippen MR) is 90.2 cm³/mol. The summed E-state index contributed by atoms with van der Waals surface area (Å²) in [7, 11) is 1.60. The number of rotatable bonds is 5. The molecule has 1 aromatic rings. The standard InChI is InChI=1S/C17H23N3O4/c1-24-9-7-18-17(21)14-11-12-10-13(20(22)23)5-6-15(12)19-8-3-2-4-16(14)19/h5-6,10,14,16H,2-4,7-9,11H2,1H3,(H,18,21). The summed E-state index contributed by atoms with van der Waals surface area (Å²) in [6.45, 7) is 1.87. The van der Waals surface area contributed by atoms with E-state index in [0.29, 0.717) is 19.6 Å². The number of nitrogens with zero attached hydrogens (tertiary/aromatic N) is 2. The molecule has 1 N–H and O–H groups in total. The quantitative estimate of drug-likeness (QED) is 0.505. The number of hydrogen-bond acceptors (Lipinski definition) is 5. The third-order valence-corrected chi connectivity index (χ3v) is 4.98. The van der Waals surface area contributed by atoms with Crippen molar-refractivity contribution < 1.29 is 14.5 Å². The molecule has 0 spiro atoms. The van der Waals surface area contributed by atoms with Gasteiger partial charge in [-0.3, -0.25) is 14.9 Å². The number of methoxy groups -OCH3 is 1. The molecule has 0 bridgehead atoms. The van der Waals surface area contributed by atoms with Crippen LogP contribution in [0.3, 0.4) is 0 Å². The van der Waals surface area contributed by atoms with E-state index in [2.05, 4.69) is 10.2 Å². The van der Waals surface area contributed by atoms with E-state index in [0.717, 1.165) is 37.1 Å². The minimum atomic E-state index is -0.379. The molecule has 2 aliphatic heterocycles. The summed E-state index contributed by atoms with van der Waals surface area (Å²) in [4.78, 5) is 25.6. The topological polar surface area (TPSA) is 84.7 Å². The number of nitro benzene ring substituents is 1. The van der Waals surface area contributed by atoms with Crippen LogP contribution in [-0.2, 0) is 16.0 Å². The van der Waals surface area contributed by atoms with Crippen molar-refractivity contribution in [3.63, 3.8) is 0 Å². The van der Waals surface area contributed by atoms with Crippen LogP contribution in [0.25, 0.3) is 0 Å². The predicted octanol–water partition coefficient (Wildman–Crippen LogP) is 1.89. The smallest absolute Gasteiger partial charge is 0.269 e.